The number of nitriles is 1. The Morgan fingerprint density at radius 3 is 3.11 bits per heavy atom. The Morgan fingerprint density at radius 2 is 2.32 bits per heavy atom. The monoisotopic (exact) mass is 253 g/mol. The molecule has 19 heavy (non-hydrogen) atoms. The summed E-state index contributed by atoms with van der Waals surface area (Å²) in [6.07, 6.45) is 2.31. The lowest BCUT2D eigenvalue weighted by atomic mass is 10.1. The van der Waals surface area contributed by atoms with Crippen LogP contribution in [0.25, 0.3) is 10.9 Å². The van der Waals surface area contributed by atoms with Crippen molar-refractivity contribution in [3.63, 3.8) is 0 Å². The summed E-state index contributed by atoms with van der Waals surface area (Å²) in [5.74, 6) is 0.440. The molecule has 0 amide bonds. The van der Waals surface area contributed by atoms with Crippen molar-refractivity contribution in [2.45, 2.75) is 18.9 Å². The van der Waals surface area contributed by atoms with Crippen molar-refractivity contribution in [1.29, 1.82) is 5.26 Å². The van der Waals surface area contributed by atoms with E-state index in [9.17, 15) is 5.26 Å². The summed E-state index contributed by atoms with van der Waals surface area (Å²) in [4.78, 5) is 4.43. The van der Waals surface area contributed by atoms with Crippen molar-refractivity contribution >= 4 is 10.9 Å². The maximum atomic E-state index is 9.18. The van der Waals surface area contributed by atoms with Gasteiger partial charge in [-0.1, -0.05) is 18.2 Å². The van der Waals surface area contributed by atoms with E-state index in [2.05, 4.69) is 16.4 Å². The Balaban J connectivity index is 1.86. The summed E-state index contributed by atoms with van der Waals surface area (Å²) < 4.78 is 5.72. The van der Waals surface area contributed by atoms with Crippen LogP contribution < -0.4 is 10.1 Å². The van der Waals surface area contributed by atoms with E-state index in [1.54, 1.807) is 0 Å². The Morgan fingerprint density at radius 1 is 1.42 bits per heavy atom. The van der Waals surface area contributed by atoms with Gasteiger partial charge in [0.05, 0.1) is 5.52 Å². The minimum Gasteiger partial charge on any atom is -0.475 e. The molecule has 1 aliphatic heterocycles. The fourth-order valence-corrected chi connectivity index (χ4v) is 2.37. The summed E-state index contributed by atoms with van der Waals surface area (Å²) in [7, 11) is 0. The lowest BCUT2D eigenvalue weighted by molar-refractivity contribution is 0.267. The minimum atomic E-state index is 0.375. The number of fused-ring (bicyclic) bond motifs is 1. The van der Waals surface area contributed by atoms with E-state index < -0.39 is 0 Å². The van der Waals surface area contributed by atoms with Crippen LogP contribution in [0.15, 0.2) is 30.3 Å². The molecule has 0 radical (unpaired) electrons. The van der Waals surface area contributed by atoms with E-state index in [0.717, 1.165) is 23.9 Å². The van der Waals surface area contributed by atoms with Crippen molar-refractivity contribution in [3.05, 3.63) is 35.9 Å². The van der Waals surface area contributed by atoms with E-state index in [-0.39, 0.29) is 0 Å². The maximum Gasteiger partial charge on any atom is 0.232 e. The first-order valence-corrected chi connectivity index (χ1v) is 6.53. The number of nitrogens with one attached hydrogen (secondary N) is 1. The van der Waals surface area contributed by atoms with Gasteiger partial charge in [0.25, 0.3) is 0 Å². The summed E-state index contributed by atoms with van der Waals surface area (Å²) >= 11 is 0. The molecule has 3 rings (SSSR count). The predicted molar refractivity (Wildman–Crippen MR) is 73.0 cm³/mol. The second kappa shape index (κ2) is 5.25. The van der Waals surface area contributed by atoms with Gasteiger partial charge < -0.3 is 10.1 Å². The highest BCUT2D eigenvalue weighted by molar-refractivity contribution is 5.80. The second-order valence-corrected chi connectivity index (χ2v) is 4.75. The zero-order chi connectivity index (χ0) is 13.1. The van der Waals surface area contributed by atoms with Gasteiger partial charge in [0.2, 0.25) is 5.88 Å². The third-order valence-corrected chi connectivity index (χ3v) is 3.39. The van der Waals surface area contributed by atoms with Crippen LogP contribution in [0.2, 0.25) is 0 Å². The molecular formula is C15H15N3O. The lowest BCUT2D eigenvalue weighted by Gasteiger charge is -2.12. The molecule has 1 aromatic carbocycles. The molecule has 0 unspecified atom stereocenters. The number of ether oxygens (including phenoxy) is 1. The molecule has 0 aliphatic carbocycles. The number of hydrogen-bond donors (Lipinski definition) is 1. The average molecular weight is 253 g/mol. The number of pyridine rings is 1. The molecule has 2 heterocycles. The van der Waals surface area contributed by atoms with Crippen LogP contribution in [0.4, 0.5) is 0 Å². The van der Waals surface area contributed by atoms with Gasteiger partial charge in [-0.05, 0) is 31.5 Å². The van der Waals surface area contributed by atoms with E-state index in [4.69, 9.17) is 4.74 Å². The lowest BCUT2D eigenvalue weighted by Crippen LogP contribution is -2.28. The Hall–Kier alpha value is -2.12. The fourth-order valence-electron chi connectivity index (χ4n) is 2.37. The second-order valence-electron chi connectivity index (χ2n) is 4.75. The number of nitrogens with zero attached hydrogens (tertiary/aromatic N) is 2. The molecule has 1 N–H and O–H groups in total. The molecule has 1 fully saturated rings. The SMILES string of the molecule is N#Cc1cc2ccccc2nc1OC[C@H]1CCCN1. The fraction of sp³-hybridized carbons (Fsp3) is 0.333. The molecule has 1 aliphatic rings. The molecular weight excluding hydrogens is 238 g/mol. The van der Waals surface area contributed by atoms with Gasteiger partial charge in [0.15, 0.2) is 0 Å². The summed E-state index contributed by atoms with van der Waals surface area (Å²) in [6.45, 7) is 1.62. The van der Waals surface area contributed by atoms with Gasteiger partial charge in [-0.15, -0.1) is 0 Å². The first-order chi connectivity index (χ1) is 9.36. The molecule has 1 saturated heterocycles. The Bertz CT molecular complexity index is 627. The van der Waals surface area contributed by atoms with Crippen LogP contribution in [0.3, 0.4) is 0 Å². The smallest absolute Gasteiger partial charge is 0.232 e. The van der Waals surface area contributed by atoms with Crippen molar-refractivity contribution < 1.29 is 4.74 Å². The molecule has 0 saturated carbocycles. The van der Waals surface area contributed by atoms with Crippen molar-refractivity contribution in [2.75, 3.05) is 13.2 Å². The van der Waals surface area contributed by atoms with Crippen LogP contribution in [0.5, 0.6) is 5.88 Å². The highest BCUT2D eigenvalue weighted by Gasteiger charge is 2.16. The van der Waals surface area contributed by atoms with E-state index in [0.29, 0.717) is 24.1 Å². The number of para-hydroxylation sites is 1. The number of rotatable bonds is 3. The van der Waals surface area contributed by atoms with E-state index >= 15 is 0 Å². The molecule has 1 aromatic heterocycles. The third-order valence-electron chi connectivity index (χ3n) is 3.39. The number of aromatic nitrogens is 1. The molecule has 4 nitrogen and oxygen atoms in total. The minimum absolute atomic E-state index is 0.375. The van der Waals surface area contributed by atoms with Crippen LogP contribution in [0.1, 0.15) is 18.4 Å². The molecule has 2 aromatic rings. The van der Waals surface area contributed by atoms with Gasteiger partial charge in [-0.3, -0.25) is 0 Å². The molecule has 4 heteroatoms. The van der Waals surface area contributed by atoms with Crippen LogP contribution in [-0.2, 0) is 0 Å². The summed E-state index contributed by atoms with van der Waals surface area (Å²) in [5, 5.41) is 13.5. The largest absolute Gasteiger partial charge is 0.475 e. The third kappa shape index (κ3) is 2.51. The molecule has 0 spiro atoms. The zero-order valence-electron chi connectivity index (χ0n) is 10.6. The number of benzene rings is 1. The first-order valence-electron chi connectivity index (χ1n) is 6.53. The normalized spacial score (nSPS) is 18.4. The van der Waals surface area contributed by atoms with E-state index in [1.807, 2.05) is 30.3 Å². The zero-order valence-corrected chi connectivity index (χ0v) is 10.6. The molecule has 96 valence electrons. The summed E-state index contributed by atoms with van der Waals surface area (Å²) in [5.41, 5.74) is 1.35. The van der Waals surface area contributed by atoms with Crippen molar-refractivity contribution in [3.8, 4) is 11.9 Å². The molecule has 0 bridgehead atoms. The van der Waals surface area contributed by atoms with Crippen LogP contribution in [0, 0.1) is 11.3 Å². The Kier molecular flexibility index (Phi) is 3.30. The topological polar surface area (TPSA) is 57.9 Å². The van der Waals surface area contributed by atoms with Gasteiger partial charge >= 0.3 is 0 Å². The quantitative estimate of drug-likeness (QED) is 0.911. The van der Waals surface area contributed by atoms with Crippen molar-refractivity contribution in [1.82, 2.24) is 10.3 Å². The number of hydrogen-bond acceptors (Lipinski definition) is 4. The van der Waals surface area contributed by atoms with E-state index in [1.165, 1.54) is 6.42 Å². The van der Waals surface area contributed by atoms with Crippen molar-refractivity contribution in [2.24, 2.45) is 0 Å². The summed E-state index contributed by atoms with van der Waals surface area (Å²) in [6, 6.07) is 12.1. The van der Waals surface area contributed by atoms with Gasteiger partial charge in [0, 0.05) is 11.4 Å². The highest BCUT2D eigenvalue weighted by Crippen LogP contribution is 2.22. The van der Waals surface area contributed by atoms with Crippen LogP contribution >= 0.6 is 0 Å². The van der Waals surface area contributed by atoms with Gasteiger partial charge in [-0.25, -0.2) is 4.98 Å². The highest BCUT2D eigenvalue weighted by atomic mass is 16.5. The van der Waals surface area contributed by atoms with Crippen LogP contribution in [-0.4, -0.2) is 24.2 Å². The Labute approximate surface area is 112 Å². The van der Waals surface area contributed by atoms with Gasteiger partial charge in [0.1, 0.15) is 18.2 Å². The average Bonchev–Trinajstić information content (AvgIpc) is 2.97. The van der Waals surface area contributed by atoms with Gasteiger partial charge in [-0.2, -0.15) is 5.26 Å². The maximum absolute atomic E-state index is 9.18. The first kappa shape index (κ1) is 11.9. The predicted octanol–water partition coefficient (Wildman–Crippen LogP) is 2.24. The molecule has 1 atom stereocenters. The standard InChI is InChI=1S/C15H15N3O/c16-9-12-8-11-4-1-2-6-14(11)18-15(12)19-10-13-5-3-7-17-13/h1-2,4,6,8,13,17H,3,5,7,10H2/t13-/m1/s1.